The summed E-state index contributed by atoms with van der Waals surface area (Å²) in [7, 11) is 0. The van der Waals surface area contributed by atoms with Crippen LogP contribution in [0.1, 0.15) is 52.6 Å². The normalized spacial score (nSPS) is 12.2. The van der Waals surface area contributed by atoms with Gasteiger partial charge in [-0.3, -0.25) is 10.2 Å². The van der Waals surface area contributed by atoms with Gasteiger partial charge in [0.2, 0.25) is 6.79 Å². The van der Waals surface area contributed by atoms with Crippen LogP contribution in [-0.4, -0.2) is 52.6 Å². The van der Waals surface area contributed by atoms with E-state index in [1.165, 1.54) is 0 Å². The minimum Gasteiger partial charge on any atom is -0.454 e. The van der Waals surface area contributed by atoms with Gasteiger partial charge in [0.15, 0.2) is 11.5 Å². The molecule has 0 unspecified atom stereocenters. The summed E-state index contributed by atoms with van der Waals surface area (Å²) in [5.41, 5.74) is 16.7. The number of unbranched alkanes of at least 4 members (excludes halogenated alkanes) is 1. The number of amides is 1. The number of carbonyl (C=O) groups excluding carboxylic acids is 1. The van der Waals surface area contributed by atoms with Crippen molar-refractivity contribution in [2.75, 3.05) is 26.4 Å². The van der Waals surface area contributed by atoms with Crippen molar-refractivity contribution in [2.24, 2.45) is 11.5 Å². The smallest absolute Gasteiger partial charge is 0.253 e. The van der Waals surface area contributed by atoms with Crippen molar-refractivity contribution in [2.45, 2.75) is 39.2 Å². The van der Waals surface area contributed by atoms with Crippen LogP contribution in [0, 0.1) is 5.41 Å². The number of hydrogen-bond acceptors (Lipinski definition) is 6. The Morgan fingerprint density at radius 3 is 2.48 bits per heavy atom. The predicted octanol–water partition coefficient (Wildman–Crippen LogP) is 4.08. The molecular weight excluding hydrogens is 504 g/mol. The number of rotatable bonds is 12. The number of imidazole rings is 1. The number of benzene rings is 3. The fourth-order valence-electron chi connectivity index (χ4n) is 5.01. The number of nitrogens with one attached hydrogen (secondary N) is 1. The average Bonchev–Trinajstić information content (AvgIpc) is 3.57. The number of aromatic nitrogens is 2. The third-order valence-electron chi connectivity index (χ3n) is 7.22. The van der Waals surface area contributed by atoms with E-state index < -0.39 is 0 Å². The Morgan fingerprint density at radius 2 is 1.73 bits per heavy atom. The zero-order valence-corrected chi connectivity index (χ0v) is 22.9. The minimum absolute atomic E-state index is 0.0155. The molecule has 1 aromatic heterocycles. The van der Waals surface area contributed by atoms with Gasteiger partial charge in [-0.1, -0.05) is 43.7 Å². The van der Waals surface area contributed by atoms with Crippen molar-refractivity contribution in [1.82, 2.24) is 14.5 Å². The average molecular weight is 541 g/mol. The van der Waals surface area contributed by atoms with Crippen molar-refractivity contribution in [3.63, 3.8) is 0 Å². The van der Waals surface area contributed by atoms with Gasteiger partial charge in [0.1, 0.15) is 11.7 Å². The Labute approximate surface area is 234 Å². The maximum Gasteiger partial charge on any atom is 0.253 e. The van der Waals surface area contributed by atoms with Crippen LogP contribution in [0.4, 0.5) is 0 Å². The molecule has 0 bridgehead atoms. The zero-order valence-electron chi connectivity index (χ0n) is 22.9. The van der Waals surface area contributed by atoms with Crippen LogP contribution in [0.5, 0.6) is 11.5 Å². The van der Waals surface area contributed by atoms with E-state index in [1.54, 1.807) is 0 Å². The quantitative estimate of drug-likeness (QED) is 0.183. The molecule has 1 aliphatic rings. The zero-order chi connectivity index (χ0) is 28.1. The molecule has 0 radical (unpaired) electrons. The third kappa shape index (κ3) is 5.94. The molecule has 0 saturated heterocycles. The first-order valence-electron chi connectivity index (χ1n) is 13.8. The summed E-state index contributed by atoms with van der Waals surface area (Å²) in [5.74, 6) is 2.47. The van der Waals surface area contributed by atoms with E-state index in [2.05, 4.69) is 11.5 Å². The number of hydrogen-bond donors (Lipinski definition) is 3. The molecule has 0 spiro atoms. The van der Waals surface area contributed by atoms with E-state index >= 15 is 0 Å². The molecule has 2 heterocycles. The first-order valence-corrected chi connectivity index (χ1v) is 13.8. The molecule has 3 aromatic carbocycles. The Morgan fingerprint density at radius 1 is 0.975 bits per heavy atom. The highest BCUT2D eigenvalue weighted by Crippen LogP contribution is 2.33. The number of amidine groups is 1. The number of nitrogen functional groups attached to an aromatic ring is 1. The van der Waals surface area contributed by atoms with Crippen LogP contribution >= 0.6 is 0 Å². The fourth-order valence-corrected chi connectivity index (χ4v) is 5.01. The summed E-state index contributed by atoms with van der Waals surface area (Å²) in [6.45, 7) is 4.61. The first kappa shape index (κ1) is 27.2. The van der Waals surface area contributed by atoms with Gasteiger partial charge >= 0.3 is 0 Å². The van der Waals surface area contributed by atoms with Crippen molar-refractivity contribution in [3.05, 3.63) is 88.7 Å². The number of fused-ring (bicyclic) bond motifs is 2. The highest BCUT2D eigenvalue weighted by atomic mass is 16.7. The lowest BCUT2D eigenvalue weighted by Gasteiger charge is -2.22. The van der Waals surface area contributed by atoms with Crippen LogP contribution in [0.2, 0.25) is 0 Å². The predicted molar refractivity (Wildman–Crippen MR) is 156 cm³/mol. The molecule has 9 heteroatoms. The molecule has 5 rings (SSSR count). The van der Waals surface area contributed by atoms with Crippen molar-refractivity contribution >= 4 is 22.8 Å². The lowest BCUT2D eigenvalue weighted by molar-refractivity contribution is 0.0758. The maximum absolute atomic E-state index is 13.3. The summed E-state index contributed by atoms with van der Waals surface area (Å²) in [5, 5.41) is 7.63. The monoisotopic (exact) mass is 540 g/mol. The van der Waals surface area contributed by atoms with Crippen molar-refractivity contribution in [1.29, 1.82) is 5.41 Å². The maximum atomic E-state index is 13.3. The lowest BCUT2D eigenvalue weighted by Crippen LogP contribution is -2.36. The van der Waals surface area contributed by atoms with Crippen LogP contribution in [0.25, 0.3) is 11.0 Å². The molecule has 0 fully saturated rings. The van der Waals surface area contributed by atoms with Gasteiger partial charge in [-0.15, -0.1) is 0 Å². The first-order chi connectivity index (χ1) is 19.5. The molecule has 0 saturated carbocycles. The standard InChI is InChI=1S/C31H36N6O3/c1-2-3-15-36(16-14-32)31(38)24-10-11-26-25(18-24)35-29(13-7-21-4-8-23(9-5-21)30(33)34)37(26)19-22-6-12-27-28(17-22)40-20-39-27/h4-6,8-12,17-18H,2-3,7,13-16,19-20,32H2,1H3,(H3,33,34). The van der Waals surface area contributed by atoms with Gasteiger partial charge in [-0.2, -0.15) is 0 Å². The van der Waals surface area contributed by atoms with Gasteiger partial charge in [0, 0.05) is 43.7 Å². The molecule has 0 aliphatic carbocycles. The van der Waals surface area contributed by atoms with Crippen molar-refractivity contribution in [3.8, 4) is 11.5 Å². The van der Waals surface area contributed by atoms with Crippen molar-refractivity contribution < 1.29 is 14.3 Å². The number of nitrogens with zero attached hydrogens (tertiary/aromatic N) is 3. The van der Waals surface area contributed by atoms with E-state index in [-0.39, 0.29) is 18.5 Å². The van der Waals surface area contributed by atoms with Crippen LogP contribution in [-0.2, 0) is 19.4 Å². The fraction of sp³-hybridized carbons (Fsp3) is 0.323. The summed E-state index contributed by atoms with van der Waals surface area (Å²) < 4.78 is 13.3. The summed E-state index contributed by atoms with van der Waals surface area (Å²) in [6, 6.07) is 19.5. The van der Waals surface area contributed by atoms with E-state index in [1.807, 2.05) is 65.6 Å². The van der Waals surface area contributed by atoms with Crippen LogP contribution in [0.15, 0.2) is 60.7 Å². The SMILES string of the molecule is CCCCN(CCN)C(=O)c1ccc2c(c1)nc(CCc1ccc(C(=N)N)cc1)n2Cc1ccc2c(c1)OCO2. The molecule has 9 nitrogen and oxygen atoms in total. The molecule has 1 amide bonds. The lowest BCUT2D eigenvalue weighted by atomic mass is 10.1. The van der Waals surface area contributed by atoms with Gasteiger partial charge in [0.25, 0.3) is 5.91 Å². The van der Waals surface area contributed by atoms with Crippen LogP contribution < -0.4 is 20.9 Å². The molecule has 5 N–H and O–H groups in total. The second-order valence-electron chi connectivity index (χ2n) is 10.1. The number of carbonyl (C=O) groups is 1. The topological polar surface area (TPSA) is 132 Å². The molecule has 208 valence electrons. The largest absolute Gasteiger partial charge is 0.454 e. The van der Waals surface area contributed by atoms with E-state index in [4.69, 9.17) is 31.3 Å². The highest BCUT2D eigenvalue weighted by Gasteiger charge is 2.19. The summed E-state index contributed by atoms with van der Waals surface area (Å²) >= 11 is 0. The Bertz CT molecular complexity index is 1510. The summed E-state index contributed by atoms with van der Waals surface area (Å²) in [4.78, 5) is 20.2. The highest BCUT2D eigenvalue weighted by molar-refractivity contribution is 5.97. The second-order valence-corrected chi connectivity index (χ2v) is 10.1. The molecular formula is C31H36N6O3. The Hall–Kier alpha value is -4.37. The molecule has 0 atom stereocenters. The number of aryl methyl sites for hydroxylation is 2. The molecule has 40 heavy (non-hydrogen) atoms. The summed E-state index contributed by atoms with van der Waals surface area (Å²) in [6.07, 6.45) is 3.43. The van der Waals surface area contributed by atoms with Gasteiger partial charge < -0.3 is 30.4 Å². The van der Waals surface area contributed by atoms with Gasteiger partial charge in [-0.05, 0) is 54.3 Å². The van der Waals surface area contributed by atoms with Gasteiger partial charge in [-0.25, -0.2) is 4.98 Å². The van der Waals surface area contributed by atoms with E-state index in [9.17, 15) is 4.79 Å². The number of ether oxygens (including phenoxy) is 2. The Balaban J connectivity index is 1.46. The van der Waals surface area contributed by atoms with E-state index in [0.717, 1.165) is 58.7 Å². The van der Waals surface area contributed by atoms with Gasteiger partial charge in [0.05, 0.1) is 11.0 Å². The van der Waals surface area contributed by atoms with E-state index in [0.29, 0.717) is 43.7 Å². The minimum atomic E-state index is -0.0155. The molecule has 1 aliphatic heterocycles. The molecule has 4 aromatic rings. The second kappa shape index (κ2) is 12.2. The third-order valence-corrected chi connectivity index (χ3v) is 7.22. The van der Waals surface area contributed by atoms with Crippen LogP contribution in [0.3, 0.4) is 0 Å². The Kier molecular flexibility index (Phi) is 8.31. The number of nitrogens with two attached hydrogens (primary N) is 2.